The van der Waals surface area contributed by atoms with Gasteiger partial charge < -0.3 is 5.73 Å². The zero-order valence-corrected chi connectivity index (χ0v) is 9.34. The number of nitrogens with two attached hydrogens (primary N) is 1. The molecule has 0 amide bonds. The first-order chi connectivity index (χ1) is 8.71. The van der Waals surface area contributed by atoms with Gasteiger partial charge in [0.15, 0.2) is 5.94 Å². The lowest BCUT2D eigenvalue weighted by atomic mass is 10.0. The number of benzene rings is 1. The van der Waals surface area contributed by atoms with E-state index in [1.54, 1.807) is 24.1 Å². The van der Waals surface area contributed by atoms with Crippen LogP contribution in [0.4, 0.5) is 0 Å². The van der Waals surface area contributed by atoms with Crippen LogP contribution in [-0.4, -0.2) is 18.1 Å². The van der Waals surface area contributed by atoms with Crippen molar-refractivity contribution in [2.24, 2.45) is 15.7 Å². The van der Waals surface area contributed by atoms with E-state index in [4.69, 9.17) is 5.73 Å². The minimum Gasteiger partial charge on any atom is -0.389 e. The van der Waals surface area contributed by atoms with Crippen LogP contribution in [0.3, 0.4) is 0 Å². The van der Waals surface area contributed by atoms with Crippen LogP contribution in [0.1, 0.15) is 16.7 Å². The molecule has 0 bridgehead atoms. The van der Waals surface area contributed by atoms with E-state index in [-0.39, 0.29) is 18.8 Å². The normalized spacial score (nSPS) is 8.67. The first kappa shape index (κ1) is 13.3. The molecule has 90 valence electrons. The fraction of sp³-hybridized carbons (Fsp3) is 0.167. The summed E-state index contributed by atoms with van der Waals surface area (Å²) in [7, 11) is 0. The molecule has 0 aliphatic heterocycles. The zero-order chi connectivity index (χ0) is 13.4. The first-order valence-electron chi connectivity index (χ1n) is 4.92. The summed E-state index contributed by atoms with van der Waals surface area (Å²) in [5.74, 6) is 1.58. The number of carbonyl (C=O) groups excluding carboxylic acids is 3. The van der Waals surface area contributed by atoms with Gasteiger partial charge in [0.2, 0.25) is 12.2 Å². The number of rotatable bonds is 5. The van der Waals surface area contributed by atoms with Crippen LogP contribution < -0.4 is 5.73 Å². The molecule has 1 rings (SSSR count). The van der Waals surface area contributed by atoms with Gasteiger partial charge >= 0.3 is 0 Å². The van der Waals surface area contributed by atoms with Crippen molar-refractivity contribution in [1.29, 1.82) is 0 Å². The van der Waals surface area contributed by atoms with E-state index in [0.29, 0.717) is 16.7 Å². The predicted molar refractivity (Wildman–Crippen MR) is 63.4 cm³/mol. The summed E-state index contributed by atoms with van der Waals surface area (Å²) < 4.78 is 0. The van der Waals surface area contributed by atoms with Gasteiger partial charge in [-0.3, -0.25) is 0 Å². The van der Waals surface area contributed by atoms with Gasteiger partial charge in [-0.25, -0.2) is 24.4 Å². The summed E-state index contributed by atoms with van der Waals surface area (Å²) in [6.45, 7) is 0.225. The summed E-state index contributed by atoms with van der Waals surface area (Å²) in [6.07, 6.45) is 2.83. The maximum Gasteiger partial charge on any atom is 0.235 e. The van der Waals surface area contributed by atoms with Crippen LogP contribution in [-0.2, 0) is 27.5 Å². The van der Waals surface area contributed by atoms with Gasteiger partial charge in [0.1, 0.15) is 5.70 Å². The topological polar surface area (TPSA) is 102 Å². The molecule has 0 spiro atoms. The third kappa shape index (κ3) is 3.67. The quantitative estimate of drug-likeness (QED) is 0.461. The Morgan fingerprint density at radius 2 is 1.50 bits per heavy atom. The van der Waals surface area contributed by atoms with Crippen molar-refractivity contribution in [3.05, 3.63) is 34.9 Å². The van der Waals surface area contributed by atoms with Gasteiger partial charge in [-0.1, -0.05) is 6.07 Å². The molecule has 0 atom stereocenters. The highest BCUT2D eigenvalue weighted by Crippen LogP contribution is 2.15. The number of hydrogen-bond donors (Lipinski definition) is 1. The largest absolute Gasteiger partial charge is 0.389 e. The molecule has 0 radical (unpaired) electrons. The van der Waals surface area contributed by atoms with Crippen LogP contribution in [0.5, 0.6) is 0 Å². The molecular weight excluding hydrogens is 234 g/mol. The second-order valence-corrected chi connectivity index (χ2v) is 3.37. The lowest BCUT2D eigenvalue weighted by molar-refractivity contribution is 0.562. The second kappa shape index (κ2) is 6.74. The highest BCUT2D eigenvalue weighted by molar-refractivity contribution is 5.85. The van der Waals surface area contributed by atoms with E-state index in [1.165, 1.54) is 12.2 Å². The van der Waals surface area contributed by atoms with Gasteiger partial charge in [-0.2, -0.15) is 0 Å². The summed E-state index contributed by atoms with van der Waals surface area (Å²) in [4.78, 5) is 37.5. The van der Waals surface area contributed by atoms with Crippen LogP contribution in [0.25, 0.3) is 5.70 Å². The van der Waals surface area contributed by atoms with Gasteiger partial charge in [-0.15, -0.1) is 0 Å². The molecule has 0 heterocycles. The number of isocyanates is 2. The summed E-state index contributed by atoms with van der Waals surface area (Å²) in [5.41, 5.74) is 7.16. The molecule has 0 saturated carbocycles. The van der Waals surface area contributed by atoms with Gasteiger partial charge in [0.05, 0.1) is 13.1 Å². The Bertz CT molecular complexity index is 552. The Morgan fingerprint density at radius 3 is 1.89 bits per heavy atom. The fourth-order valence-electron chi connectivity index (χ4n) is 1.41. The van der Waals surface area contributed by atoms with E-state index in [0.717, 1.165) is 0 Å². The highest BCUT2D eigenvalue weighted by Gasteiger charge is 2.04. The van der Waals surface area contributed by atoms with Crippen LogP contribution >= 0.6 is 0 Å². The highest BCUT2D eigenvalue weighted by atomic mass is 16.1. The van der Waals surface area contributed by atoms with Crippen molar-refractivity contribution < 1.29 is 14.4 Å². The lowest BCUT2D eigenvalue weighted by Crippen LogP contribution is -1.99. The molecule has 0 unspecified atom stereocenters. The predicted octanol–water partition coefficient (Wildman–Crippen LogP) is 0.489. The van der Waals surface area contributed by atoms with Gasteiger partial charge in [0, 0.05) is 5.56 Å². The molecule has 0 aromatic heterocycles. The Labute approximate surface area is 103 Å². The molecule has 18 heavy (non-hydrogen) atoms. The average Bonchev–Trinajstić information content (AvgIpc) is 2.41. The first-order valence-corrected chi connectivity index (χ1v) is 4.92. The number of aliphatic imine (C=N–C) groups is 2. The van der Waals surface area contributed by atoms with E-state index in [1.807, 2.05) is 0 Å². The smallest absolute Gasteiger partial charge is 0.235 e. The van der Waals surface area contributed by atoms with Crippen molar-refractivity contribution in [3.63, 3.8) is 0 Å². The SMILES string of the molecule is NC(=C=O)c1cc(CN=C=O)cc(CN=C=O)c1. The van der Waals surface area contributed by atoms with Crippen molar-refractivity contribution in [2.45, 2.75) is 13.1 Å². The number of hydrogen-bond acceptors (Lipinski definition) is 6. The van der Waals surface area contributed by atoms with Crippen molar-refractivity contribution in [2.75, 3.05) is 0 Å². The Morgan fingerprint density at radius 1 is 1.00 bits per heavy atom. The molecule has 2 N–H and O–H groups in total. The molecule has 6 heteroatoms. The molecule has 0 aliphatic rings. The maximum absolute atomic E-state index is 10.5. The average molecular weight is 243 g/mol. The van der Waals surface area contributed by atoms with Crippen LogP contribution in [0.15, 0.2) is 28.2 Å². The van der Waals surface area contributed by atoms with Gasteiger partial charge in [-0.05, 0) is 23.3 Å². The molecule has 1 aromatic carbocycles. The molecule has 6 nitrogen and oxygen atoms in total. The molecule has 0 aliphatic carbocycles. The van der Waals surface area contributed by atoms with Gasteiger partial charge in [0.25, 0.3) is 0 Å². The van der Waals surface area contributed by atoms with Crippen molar-refractivity contribution in [3.8, 4) is 0 Å². The molecule has 0 saturated heterocycles. The lowest BCUT2D eigenvalue weighted by Gasteiger charge is -2.05. The Hall–Kier alpha value is -2.77. The third-order valence-corrected chi connectivity index (χ3v) is 2.13. The summed E-state index contributed by atoms with van der Waals surface area (Å²) in [6, 6.07) is 4.91. The third-order valence-electron chi connectivity index (χ3n) is 2.13. The van der Waals surface area contributed by atoms with Crippen molar-refractivity contribution in [1.82, 2.24) is 0 Å². The minimum absolute atomic E-state index is 0.0664. The fourth-order valence-corrected chi connectivity index (χ4v) is 1.41. The minimum atomic E-state index is -0.0664. The Balaban J connectivity index is 3.22. The van der Waals surface area contributed by atoms with Crippen LogP contribution in [0, 0.1) is 0 Å². The summed E-state index contributed by atoms with van der Waals surface area (Å²) in [5, 5.41) is 0. The van der Waals surface area contributed by atoms with E-state index < -0.39 is 0 Å². The van der Waals surface area contributed by atoms with E-state index in [2.05, 4.69) is 9.98 Å². The number of nitrogens with zero attached hydrogens (tertiary/aromatic N) is 2. The monoisotopic (exact) mass is 243 g/mol. The second-order valence-electron chi connectivity index (χ2n) is 3.37. The van der Waals surface area contributed by atoms with E-state index in [9.17, 15) is 14.4 Å². The molecule has 1 aromatic rings. The Kier molecular flexibility index (Phi) is 4.98. The van der Waals surface area contributed by atoms with E-state index >= 15 is 0 Å². The molecule has 0 fully saturated rings. The zero-order valence-electron chi connectivity index (χ0n) is 9.34. The summed E-state index contributed by atoms with van der Waals surface area (Å²) >= 11 is 0. The maximum atomic E-state index is 10.5. The van der Waals surface area contributed by atoms with Crippen LogP contribution in [0.2, 0.25) is 0 Å². The molecular formula is C12H9N3O3. The standard InChI is InChI=1S/C12H9N3O3/c13-12(6-16)11-2-9(4-14-7-17)1-10(3-11)5-15-8-18/h1-3H,4-5,13H2. The van der Waals surface area contributed by atoms with Crippen molar-refractivity contribution >= 4 is 23.8 Å².